The number of anilines is 2. The number of nitrogens with one attached hydrogen (secondary N) is 1. The smallest absolute Gasteiger partial charge is 0.149 e. The molecule has 0 bridgehead atoms. The predicted octanol–water partition coefficient (Wildman–Crippen LogP) is 3.50. The van der Waals surface area contributed by atoms with E-state index in [4.69, 9.17) is 18.0 Å². The summed E-state index contributed by atoms with van der Waals surface area (Å²) < 4.78 is 26.8. The molecule has 7 heteroatoms. The van der Waals surface area contributed by atoms with E-state index in [0.29, 0.717) is 11.4 Å². The molecule has 3 N–H and O–H groups in total. The molecule has 0 aliphatic carbocycles. The van der Waals surface area contributed by atoms with Gasteiger partial charge in [-0.1, -0.05) is 12.2 Å². The van der Waals surface area contributed by atoms with Gasteiger partial charge in [-0.05, 0) is 34.1 Å². The molecule has 1 heterocycles. The van der Waals surface area contributed by atoms with E-state index in [1.165, 1.54) is 12.3 Å². The van der Waals surface area contributed by atoms with Gasteiger partial charge in [-0.25, -0.2) is 13.8 Å². The maximum absolute atomic E-state index is 13.6. The zero-order chi connectivity index (χ0) is 14.0. The van der Waals surface area contributed by atoms with Crippen molar-refractivity contribution in [2.45, 2.75) is 0 Å². The molecule has 3 nitrogen and oxygen atoms in total. The number of halogens is 3. The average Bonchev–Trinajstić information content (AvgIpc) is 2.36. The highest BCUT2D eigenvalue weighted by Crippen LogP contribution is 2.26. The fourth-order valence-corrected chi connectivity index (χ4v) is 1.88. The van der Waals surface area contributed by atoms with Crippen LogP contribution in [-0.4, -0.2) is 9.97 Å². The van der Waals surface area contributed by atoms with Crippen LogP contribution in [0.5, 0.6) is 0 Å². The fourth-order valence-electron chi connectivity index (χ4n) is 1.41. The minimum atomic E-state index is -0.719. The molecule has 98 valence electrons. The molecule has 2 aromatic rings. The van der Waals surface area contributed by atoms with Gasteiger partial charge in [0.05, 0.1) is 10.2 Å². The van der Waals surface area contributed by atoms with Crippen LogP contribution in [0.1, 0.15) is 5.56 Å². The quantitative estimate of drug-likeness (QED) is 0.661. The first-order valence-corrected chi connectivity index (χ1v) is 6.35. The molecule has 1 aromatic carbocycles. The Bertz CT molecular complexity index is 649. The minimum absolute atomic E-state index is 0.0980. The third-order valence-electron chi connectivity index (χ3n) is 2.32. The SMILES string of the molecule is NC(=S)c1ccnc(Nc2cc(Br)c(F)cc2F)c1. The van der Waals surface area contributed by atoms with Crippen LogP contribution in [0, 0.1) is 11.6 Å². The van der Waals surface area contributed by atoms with E-state index in [9.17, 15) is 8.78 Å². The average molecular weight is 344 g/mol. The third kappa shape index (κ3) is 3.24. The summed E-state index contributed by atoms with van der Waals surface area (Å²) in [5, 5.41) is 2.74. The van der Waals surface area contributed by atoms with E-state index in [1.807, 2.05) is 0 Å². The predicted molar refractivity (Wildman–Crippen MR) is 77.5 cm³/mol. The molecule has 0 saturated heterocycles. The van der Waals surface area contributed by atoms with Gasteiger partial charge in [0, 0.05) is 17.8 Å². The summed E-state index contributed by atoms with van der Waals surface area (Å²) in [6, 6.07) is 5.30. The lowest BCUT2D eigenvalue weighted by Gasteiger charge is -2.09. The Labute approximate surface area is 122 Å². The van der Waals surface area contributed by atoms with Crippen LogP contribution >= 0.6 is 28.1 Å². The lowest BCUT2D eigenvalue weighted by molar-refractivity contribution is 0.581. The van der Waals surface area contributed by atoms with Crippen molar-refractivity contribution in [1.82, 2.24) is 4.98 Å². The summed E-state index contributed by atoms with van der Waals surface area (Å²) >= 11 is 7.83. The van der Waals surface area contributed by atoms with Gasteiger partial charge in [-0.3, -0.25) is 0 Å². The standard InChI is InChI=1S/C12H8BrF2N3S/c13-7-4-10(9(15)5-8(7)14)18-11-3-6(12(16)19)1-2-17-11/h1-5H,(H2,16,19)(H,17,18). The Morgan fingerprint density at radius 2 is 2.00 bits per heavy atom. The van der Waals surface area contributed by atoms with E-state index in [2.05, 4.69) is 26.2 Å². The zero-order valence-electron chi connectivity index (χ0n) is 9.45. The highest BCUT2D eigenvalue weighted by Gasteiger charge is 2.09. The number of nitrogens with two attached hydrogens (primary N) is 1. The van der Waals surface area contributed by atoms with Crippen molar-refractivity contribution in [3.63, 3.8) is 0 Å². The molecule has 0 aliphatic rings. The highest BCUT2D eigenvalue weighted by atomic mass is 79.9. The number of pyridine rings is 1. The van der Waals surface area contributed by atoms with Gasteiger partial charge in [0.2, 0.25) is 0 Å². The van der Waals surface area contributed by atoms with Crippen LogP contribution in [0.2, 0.25) is 0 Å². The monoisotopic (exact) mass is 343 g/mol. The van der Waals surface area contributed by atoms with E-state index in [-0.39, 0.29) is 15.1 Å². The van der Waals surface area contributed by atoms with Crippen molar-refractivity contribution in [1.29, 1.82) is 0 Å². The first kappa shape index (κ1) is 13.8. The Morgan fingerprint density at radius 1 is 1.26 bits per heavy atom. The molecule has 2 rings (SSSR count). The van der Waals surface area contributed by atoms with Crippen molar-refractivity contribution in [3.8, 4) is 0 Å². The molecule has 0 saturated carbocycles. The molecule has 0 fully saturated rings. The Balaban J connectivity index is 2.33. The van der Waals surface area contributed by atoms with Crippen molar-refractivity contribution in [2.75, 3.05) is 5.32 Å². The molecule has 0 amide bonds. The van der Waals surface area contributed by atoms with Crippen LogP contribution < -0.4 is 11.1 Å². The van der Waals surface area contributed by atoms with Crippen molar-refractivity contribution in [2.24, 2.45) is 5.73 Å². The largest absolute Gasteiger partial charge is 0.389 e. The molecule has 0 unspecified atom stereocenters. The van der Waals surface area contributed by atoms with Gasteiger partial charge in [0.25, 0.3) is 0 Å². The van der Waals surface area contributed by atoms with Crippen LogP contribution in [0.4, 0.5) is 20.3 Å². The minimum Gasteiger partial charge on any atom is -0.389 e. The first-order valence-electron chi connectivity index (χ1n) is 5.15. The van der Waals surface area contributed by atoms with E-state index in [0.717, 1.165) is 6.07 Å². The second-order valence-corrected chi connectivity index (χ2v) is 4.96. The first-order chi connectivity index (χ1) is 8.97. The summed E-state index contributed by atoms with van der Waals surface area (Å²) in [5.74, 6) is -1.03. The van der Waals surface area contributed by atoms with Crippen molar-refractivity contribution in [3.05, 3.63) is 52.1 Å². The molecule has 19 heavy (non-hydrogen) atoms. The van der Waals surface area contributed by atoms with Crippen molar-refractivity contribution < 1.29 is 8.78 Å². The van der Waals surface area contributed by atoms with Crippen molar-refractivity contribution >= 4 is 44.6 Å². The molecule has 0 spiro atoms. The third-order valence-corrected chi connectivity index (χ3v) is 3.16. The highest BCUT2D eigenvalue weighted by molar-refractivity contribution is 9.10. The summed E-state index contributed by atoms with van der Waals surface area (Å²) in [6.45, 7) is 0. The number of nitrogens with zero attached hydrogens (tertiary/aromatic N) is 1. The van der Waals surface area contributed by atoms with Gasteiger partial charge in [0.1, 0.15) is 22.4 Å². The molecule has 1 aromatic heterocycles. The lowest BCUT2D eigenvalue weighted by Crippen LogP contribution is -2.10. The van der Waals surface area contributed by atoms with Gasteiger partial charge >= 0.3 is 0 Å². The number of aromatic nitrogens is 1. The fraction of sp³-hybridized carbons (Fsp3) is 0. The number of hydrogen-bond acceptors (Lipinski definition) is 3. The van der Waals surface area contributed by atoms with E-state index >= 15 is 0 Å². The number of benzene rings is 1. The Kier molecular flexibility index (Phi) is 4.06. The Hall–Kier alpha value is -1.60. The molecule has 0 aliphatic heterocycles. The normalized spacial score (nSPS) is 10.3. The van der Waals surface area contributed by atoms with Crippen LogP contribution in [0.15, 0.2) is 34.9 Å². The van der Waals surface area contributed by atoms with Gasteiger partial charge in [0.15, 0.2) is 0 Å². The summed E-state index contributed by atoms with van der Waals surface area (Å²) in [7, 11) is 0. The molecular weight excluding hydrogens is 336 g/mol. The molecule has 0 radical (unpaired) electrons. The number of rotatable bonds is 3. The number of hydrogen-bond donors (Lipinski definition) is 2. The van der Waals surface area contributed by atoms with Crippen LogP contribution in [-0.2, 0) is 0 Å². The zero-order valence-corrected chi connectivity index (χ0v) is 11.9. The summed E-state index contributed by atoms with van der Waals surface area (Å²) in [5.41, 5.74) is 6.20. The van der Waals surface area contributed by atoms with Crippen LogP contribution in [0.25, 0.3) is 0 Å². The summed E-state index contributed by atoms with van der Waals surface area (Å²) in [6.07, 6.45) is 1.49. The van der Waals surface area contributed by atoms with E-state index in [1.54, 1.807) is 12.1 Å². The van der Waals surface area contributed by atoms with Crippen LogP contribution in [0.3, 0.4) is 0 Å². The lowest BCUT2D eigenvalue weighted by atomic mass is 10.2. The van der Waals surface area contributed by atoms with Gasteiger partial charge in [-0.15, -0.1) is 0 Å². The van der Waals surface area contributed by atoms with Gasteiger partial charge in [-0.2, -0.15) is 0 Å². The Morgan fingerprint density at radius 3 is 2.68 bits per heavy atom. The maximum atomic E-state index is 13.6. The number of thiocarbonyl (C=S) groups is 1. The molecule has 0 atom stereocenters. The maximum Gasteiger partial charge on any atom is 0.149 e. The van der Waals surface area contributed by atoms with E-state index < -0.39 is 11.6 Å². The molecular formula is C12H8BrF2N3S. The topological polar surface area (TPSA) is 50.9 Å². The summed E-state index contributed by atoms with van der Waals surface area (Å²) in [4.78, 5) is 4.22. The van der Waals surface area contributed by atoms with Gasteiger partial charge < -0.3 is 11.1 Å². The second kappa shape index (κ2) is 5.58. The second-order valence-electron chi connectivity index (χ2n) is 3.67.